The minimum Gasteiger partial charge on any atom is -0.330 e. The Morgan fingerprint density at radius 3 is 1.53 bits per heavy atom. The molecule has 0 atom stereocenters. The topological polar surface area (TPSA) is 26.0 Å². The van der Waals surface area contributed by atoms with Gasteiger partial charge in [-0.2, -0.15) is 0 Å². The van der Waals surface area contributed by atoms with Crippen LogP contribution in [-0.2, 0) is 0 Å². The smallest absolute Gasteiger partial charge is 0.0101 e. The van der Waals surface area contributed by atoms with Crippen LogP contribution in [-0.4, -0.2) is 6.54 Å². The highest BCUT2D eigenvalue weighted by atomic mass is 79.9. The average Bonchev–Trinajstić information content (AvgIpc) is 2.38. The summed E-state index contributed by atoms with van der Waals surface area (Å²) in [6.45, 7) is 0.717. The van der Waals surface area contributed by atoms with E-state index in [-0.39, 0.29) is 17.0 Å². The summed E-state index contributed by atoms with van der Waals surface area (Å²) >= 11 is 0. The molecule has 90 valence electrons. The van der Waals surface area contributed by atoms with Crippen LogP contribution in [0.1, 0.15) is 23.5 Å². The summed E-state index contributed by atoms with van der Waals surface area (Å²) in [5, 5.41) is 0. The number of rotatable bonds is 4. The lowest BCUT2D eigenvalue weighted by Crippen LogP contribution is -2.08. The molecular weight excluding hydrogens is 274 g/mol. The van der Waals surface area contributed by atoms with E-state index in [2.05, 4.69) is 48.5 Å². The van der Waals surface area contributed by atoms with Gasteiger partial charge in [-0.05, 0) is 24.1 Å². The Balaban J connectivity index is 0.00000144. The van der Waals surface area contributed by atoms with Gasteiger partial charge in [0.1, 0.15) is 0 Å². The Hall–Kier alpha value is -1.12. The van der Waals surface area contributed by atoms with Crippen molar-refractivity contribution in [3.63, 3.8) is 0 Å². The van der Waals surface area contributed by atoms with Gasteiger partial charge in [0.2, 0.25) is 0 Å². The maximum Gasteiger partial charge on any atom is 0.0101 e. The highest BCUT2D eigenvalue weighted by Crippen LogP contribution is 2.26. The summed E-state index contributed by atoms with van der Waals surface area (Å²) in [4.78, 5) is 0. The fourth-order valence-electron chi connectivity index (χ4n) is 2.06. The van der Waals surface area contributed by atoms with Gasteiger partial charge in [-0.3, -0.25) is 0 Å². The highest BCUT2D eigenvalue weighted by Gasteiger charge is 2.11. The molecule has 17 heavy (non-hydrogen) atoms. The predicted octanol–water partition coefficient (Wildman–Crippen LogP) is 3.75. The van der Waals surface area contributed by atoms with Crippen LogP contribution in [0.5, 0.6) is 0 Å². The SMILES string of the molecule is Br.NCCC(c1ccccc1)c1ccccc1. The quantitative estimate of drug-likeness (QED) is 0.912. The van der Waals surface area contributed by atoms with Crippen molar-refractivity contribution in [2.45, 2.75) is 12.3 Å². The maximum absolute atomic E-state index is 5.70. The summed E-state index contributed by atoms with van der Waals surface area (Å²) in [6, 6.07) is 21.1. The second-order valence-corrected chi connectivity index (χ2v) is 3.95. The van der Waals surface area contributed by atoms with Crippen LogP contribution in [0, 0.1) is 0 Å². The minimum atomic E-state index is 0. The third kappa shape index (κ3) is 3.69. The Morgan fingerprint density at radius 2 is 1.18 bits per heavy atom. The van der Waals surface area contributed by atoms with Gasteiger partial charge in [0, 0.05) is 5.92 Å². The molecule has 2 rings (SSSR count). The van der Waals surface area contributed by atoms with Crippen LogP contribution in [0.15, 0.2) is 60.7 Å². The normalized spacial score (nSPS) is 10.0. The Bertz CT molecular complexity index is 374. The number of hydrogen-bond donors (Lipinski definition) is 1. The molecule has 0 aliphatic heterocycles. The fraction of sp³-hybridized carbons (Fsp3) is 0.200. The lowest BCUT2D eigenvalue weighted by atomic mass is 9.89. The molecule has 0 bridgehead atoms. The van der Waals surface area contributed by atoms with Gasteiger partial charge in [-0.25, -0.2) is 0 Å². The Morgan fingerprint density at radius 1 is 0.765 bits per heavy atom. The molecule has 2 aromatic carbocycles. The van der Waals surface area contributed by atoms with E-state index in [0.717, 1.165) is 6.42 Å². The summed E-state index contributed by atoms with van der Waals surface area (Å²) in [6.07, 6.45) is 0.994. The van der Waals surface area contributed by atoms with Crippen LogP contribution in [0.25, 0.3) is 0 Å². The van der Waals surface area contributed by atoms with Crippen molar-refractivity contribution in [1.29, 1.82) is 0 Å². The molecule has 0 saturated heterocycles. The van der Waals surface area contributed by atoms with E-state index in [1.165, 1.54) is 11.1 Å². The summed E-state index contributed by atoms with van der Waals surface area (Å²) in [5.41, 5.74) is 8.40. The van der Waals surface area contributed by atoms with Crippen molar-refractivity contribution in [2.24, 2.45) is 5.73 Å². The first kappa shape index (κ1) is 13.9. The second-order valence-electron chi connectivity index (χ2n) is 3.95. The molecular formula is C15H18BrN. The molecule has 0 unspecified atom stereocenters. The second kappa shape index (κ2) is 7.25. The molecule has 0 radical (unpaired) electrons. The molecule has 2 N–H and O–H groups in total. The monoisotopic (exact) mass is 291 g/mol. The first-order valence-corrected chi connectivity index (χ1v) is 5.72. The number of nitrogens with two attached hydrogens (primary N) is 1. The predicted molar refractivity (Wildman–Crippen MR) is 78.7 cm³/mol. The standard InChI is InChI=1S/C15H17N.BrH/c16-12-11-15(13-7-3-1-4-8-13)14-9-5-2-6-10-14;/h1-10,15H,11-12,16H2;1H. The van der Waals surface area contributed by atoms with Crippen LogP contribution in [0.4, 0.5) is 0 Å². The van der Waals surface area contributed by atoms with Crippen molar-refractivity contribution in [1.82, 2.24) is 0 Å². The van der Waals surface area contributed by atoms with Crippen LogP contribution in [0.3, 0.4) is 0 Å². The molecule has 0 spiro atoms. The van der Waals surface area contributed by atoms with Gasteiger partial charge >= 0.3 is 0 Å². The van der Waals surface area contributed by atoms with Crippen molar-refractivity contribution in [2.75, 3.05) is 6.54 Å². The molecule has 1 nitrogen and oxygen atoms in total. The first-order chi connectivity index (χ1) is 7.92. The fourth-order valence-corrected chi connectivity index (χ4v) is 2.06. The van der Waals surface area contributed by atoms with E-state index < -0.39 is 0 Å². The van der Waals surface area contributed by atoms with E-state index >= 15 is 0 Å². The highest BCUT2D eigenvalue weighted by molar-refractivity contribution is 8.93. The third-order valence-corrected chi connectivity index (χ3v) is 2.86. The minimum absolute atomic E-state index is 0. The van der Waals surface area contributed by atoms with Gasteiger partial charge in [0.05, 0.1) is 0 Å². The van der Waals surface area contributed by atoms with E-state index in [1.54, 1.807) is 0 Å². The molecule has 0 aliphatic carbocycles. The maximum atomic E-state index is 5.70. The van der Waals surface area contributed by atoms with E-state index in [9.17, 15) is 0 Å². The van der Waals surface area contributed by atoms with Crippen LogP contribution >= 0.6 is 17.0 Å². The van der Waals surface area contributed by atoms with Gasteiger partial charge < -0.3 is 5.73 Å². The third-order valence-electron chi connectivity index (χ3n) is 2.86. The first-order valence-electron chi connectivity index (χ1n) is 5.72. The average molecular weight is 292 g/mol. The number of halogens is 1. The lowest BCUT2D eigenvalue weighted by molar-refractivity contribution is 0.726. The van der Waals surface area contributed by atoms with Crippen molar-refractivity contribution >= 4 is 17.0 Å². The van der Waals surface area contributed by atoms with Gasteiger partial charge in [0.25, 0.3) is 0 Å². The summed E-state index contributed by atoms with van der Waals surface area (Å²) in [5.74, 6) is 0.424. The molecule has 2 heteroatoms. The van der Waals surface area contributed by atoms with Crippen LogP contribution in [0.2, 0.25) is 0 Å². The zero-order valence-corrected chi connectivity index (χ0v) is 11.5. The Kier molecular flexibility index (Phi) is 5.95. The van der Waals surface area contributed by atoms with Crippen molar-refractivity contribution in [3.05, 3.63) is 71.8 Å². The van der Waals surface area contributed by atoms with Crippen molar-refractivity contribution in [3.8, 4) is 0 Å². The molecule has 0 heterocycles. The summed E-state index contributed by atoms with van der Waals surface area (Å²) in [7, 11) is 0. The number of hydrogen-bond acceptors (Lipinski definition) is 1. The molecule has 0 saturated carbocycles. The summed E-state index contributed by atoms with van der Waals surface area (Å²) < 4.78 is 0. The largest absolute Gasteiger partial charge is 0.330 e. The molecule has 0 fully saturated rings. The van der Waals surface area contributed by atoms with Crippen molar-refractivity contribution < 1.29 is 0 Å². The van der Waals surface area contributed by atoms with Crippen LogP contribution < -0.4 is 5.73 Å². The van der Waals surface area contributed by atoms with E-state index in [4.69, 9.17) is 5.73 Å². The number of benzene rings is 2. The van der Waals surface area contributed by atoms with E-state index in [0.29, 0.717) is 12.5 Å². The van der Waals surface area contributed by atoms with Gasteiger partial charge in [-0.1, -0.05) is 60.7 Å². The molecule has 2 aromatic rings. The molecule has 0 aromatic heterocycles. The van der Waals surface area contributed by atoms with Gasteiger partial charge in [0.15, 0.2) is 0 Å². The molecule has 0 amide bonds. The lowest BCUT2D eigenvalue weighted by Gasteiger charge is -2.16. The Labute approximate surface area is 113 Å². The van der Waals surface area contributed by atoms with E-state index in [1.807, 2.05) is 12.1 Å². The molecule has 0 aliphatic rings. The van der Waals surface area contributed by atoms with Gasteiger partial charge in [-0.15, -0.1) is 17.0 Å². The zero-order chi connectivity index (χ0) is 11.2. The zero-order valence-electron chi connectivity index (χ0n) is 9.75.